The molecule has 1 aromatic heterocycles. The molecular weight excluding hydrogens is 422 g/mol. The van der Waals surface area contributed by atoms with Gasteiger partial charge in [-0.1, -0.05) is 17.7 Å². The number of esters is 1. The van der Waals surface area contributed by atoms with E-state index in [2.05, 4.69) is 20.5 Å². The van der Waals surface area contributed by atoms with Gasteiger partial charge in [-0.2, -0.15) is 0 Å². The molecule has 2 aromatic rings. The lowest BCUT2D eigenvalue weighted by atomic mass is 10.1. The predicted octanol–water partition coefficient (Wildman–Crippen LogP) is 2.74. The first kappa shape index (κ1) is 24.2. The maximum absolute atomic E-state index is 12.4. The number of aromatic nitrogens is 1. The molecular formula is C24H31N5O4. The Hall–Kier alpha value is -3.46. The summed E-state index contributed by atoms with van der Waals surface area (Å²) in [5.41, 5.74) is 3.15. The van der Waals surface area contributed by atoms with Crippen LogP contribution in [0.1, 0.15) is 34.8 Å². The number of hydrogen-bond donors (Lipinski definition) is 2. The van der Waals surface area contributed by atoms with Gasteiger partial charge in [0, 0.05) is 38.1 Å². The second kappa shape index (κ2) is 11.4. The van der Waals surface area contributed by atoms with Crippen molar-refractivity contribution in [3.05, 3.63) is 53.2 Å². The molecule has 9 heteroatoms. The number of hydrogen-bond acceptors (Lipinski definition) is 7. The lowest BCUT2D eigenvalue weighted by Crippen LogP contribution is -2.43. The first-order chi connectivity index (χ1) is 15.9. The first-order valence-corrected chi connectivity index (χ1v) is 11.1. The van der Waals surface area contributed by atoms with Crippen molar-refractivity contribution < 1.29 is 19.1 Å². The molecule has 2 heterocycles. The highest BCUT2D eigenvalue weighted by Crippen LogP contribution is 2.16. The Morgan fingerprint density at radius 3 is 2.58 bits per heavy atom. The highest BCUT2D eigenvalue weighted by atomic mass is 16.5. The van der Waals surface area contributed by atoms with Crippen molar-refractivity contribution in [3.63, 3.8) is 0 Å². The monoisotopic (exact) mass is 453 g/mol. The second-order valence-electron chi connectivity index (χ2n) is 8.06. The number of urea groups is 1. The number of benzene rings is 1. The molecule has 1 aromatic carbocycles. The number of pyridine rings is 1. The van der Waals surface area contributed by atoms with Crippen molar-refractivity contribution in [2.45, 2.75) is 27.2 Å². The van der Waals surface area contributed by atoms with Crippen LogP contribution in [0.25, 0.3) is 0 Å². The maximum Gasteiger partial charge on any atom is 0.339 e. The minimum atomic E-state index is -0.533. The minimum Gasteiger partial charge on any atom is -0.462 e. The summed E-state index contributed by atoms with van der Waals surface area (Å²) in [7, 11) is 0. The summed E-state index contributed by atoms with van der Waals surface area (Å²) in [4.78, 5) is 44.9. The molecule has 0 spiro atoms. The SMILES string of the molecule is CCOC(=O)c1ccc(N2CCCN(CC(=O)NC(=O)Nc3ccc(C)cc3C)CC2)nc1. The van der Waals surface area contributed by atoms with E-state index in [0.717, 1.165) is 36.5 Å². The first-order valence-electron chi connectivity index (χ1n) is 11.1. The average Bonchev–Trinajstić information content (AvgIpc) is 3.01. The van der Waals surface area contributed by atoms with Gasteiger partial charge in [0.15, 0.2) is 0 Å². The fourth-order valence-electron chi connectivity index (χ4n) is 3.74. The predicted molar refractivity (Wildman–Crippen MR) is 127 cm³/mol. The van der Waals surface area contributed by atoms with Crippen LogP contribution >= 0.6 is 0 Å². The molecule has 3 amide bonds. The third-order valence-electron chi connectivity index (χ3n) is 5.42. The second-order valence-corrected chi connectivity index (χ2v) is 8.06. The maximum atomic E-state index is 12.4. The Labute approximate surface area is 194 Å². The summed E-state index contributed by atoms with van der Waals surface area (Å²) in [5.74, 6) is 0.0519. The number of carbonyl (C=O) groups is 3. The summed E-state index contributed by atoms with van der Waals surface area (Å²) in [6.07, 6.45) is 2.38. The number of amides is 3. The molecule has 9 nitrogen and oxygen atoms in total. The van der Waals surface area contributed by atoms with Gasteiger partial charge in [-0.3, -0.25) is 15.0 Å². The van der Waals surface area contributed by atoms with E-state index < -0.39 is 6.03 Å². The highest BCUT2D eigenvalue weighted by Gasteiger charge is 2.19. The standard InChI is InChI=1S/C24H31N5O4/c1-4-33-23(31)19-7-9-21(25-15-19)29-11-5-10-28(12-13-29)16-22(30)27-24(32)26-20-8-6-17(2)14-18(20)3/h6-9,14-15H,4-5,10-13,16H2,1-3H3,(H2,26,27,30,32). The average molecular weight is 454 g/mol. The van der Waals surface area contributed by atoms with Crippen molar-refractivity contribution in [2.24, 2.45) is 0 Å². The van der Waals surface area contributed by atoms with E-state index in [4.69, 9.17) is 4.74 Å². The normalized spacial score (nSPS) is 14.3. The van der Waals surface area contributed by atoms with Crippen LogP contribution in [-0.2, 0) is 9.53 Å². The number of imide groups is 1. The largest absolute Gasteiger partial charge is 0.462 e. The van der Waals surface area contributed by atoms with Gasteiger partial charge in [-0.05, 0) is 51.0 Å². The number of nitrogens with one attached hydrogen (secondary N) is 2. The van der Waals surface area contributed by atoms with E-state index in [1.165, 1.54) is 6.20 Å². The Bertz CT molecular complexity index is 993. The van der Waals surface area contributed by atoms with Crippen LogP contribution in [0.15, 0.2) is 36.5 Å². The van der Waals surface area contributed by atoms with Crippen LogP contribution in [0, 0.1) is 13.8 Å². The van der Waals surface area contributed by atoms with Gasteiger partial charge in [-0.25, -0.2) is 14.6 Å². The Kier molecular flexibility index (Phi) is 8.37. The summed E-state index contributed by atoms with van der Waals surface area (Å²) in [6, 6.07) is 8.70. The van der Waals surface area contributed by atoms with Crippen molar-refractivity contribution in [3.8, 4) is 0 Å². The van der Waals surface area contributed by atoms with Crippen LogP contribution in [0.4, 0.5) is 16.3 Å². The Balaban J connectivity index is 1.47. The fourth-order valence-corrected chi connectivity index (χ4v) is 3.74. The molecule has 0 bridgehead atoms. The minimum absolute atomic E-state index is 0.142. The molecule has 0 saturated carbocycles. The molecule has 33 heavy (non-hydrogen) atoms. The zero-order valence-electron chi connectivity index (χ0n) is 19.4. The summed E-state index contributed by atoms with van der Waals surface area (Å²) in [5, 5.41) is 5.14. The van der Waals surface area contributed by atoms with Crippen LogP contribution in [0.3, 0.4) is 0 Å². The Morgan fingerprint density at radius 2 is 1.88 bits per heavy atom. The molecule has 0 aliphatic carbocycles. The van der Waals surface area contributed by atoms with Gasteiger partial charge in [0.25, 0.3) is 0 Å². The lowest BCUT2D eigenvalue weighted by Gasteiger charge is -2.22. The summed E-state index contributed by atoms with van der Waals surface area (Å²) in [6.45, 7) is 9.00. The highest BCUT2D eigenvalue weighted by molar-refractivity contribution is 6.02. The van der Waals surface area contributed by atoms with Crippen LogP contribution < -0.4 is 15.5 Å². The molecule has 0 radical (unpaired) electrons. The number of rotatable bonds is 6. The third kappa shape index (κ3) is 7.01. The van der Waals surface area contributed by atoms with Crippen molar-refractivity contribution >= 4 is 29.4 Å². The molecule has 176 valence electrons. The smallest absolute Gasteiger partial charge is 0.339 e. The van der Waals surface area contributed by atoms with E-state index in [9.17, 15) is 14.4 Å². The zero-order chi connectivity index (χ0) is 23.8. The molecule has 0 unspecified atom stereocenters. The summed E-state index contributed by atoms with van der Waals surface area (Å²) < 4.78 is 4.99. The molecule has 3 rings (SSSR count). The number of carbonyl (C=O) groups excluding carboxylic acids is 3. The zero-order valence-corrected chi connectivity index (χ0v) is 19.4. The van der Waals surface area contributed by atoms with E-state index in [1.54, 1.807) is 13.0 Å². The lowest BCUT2D eigenvalue weighted by molar-refractivity contribution is -0.121. The number of anilines is 2. The van der Waals surface area contributed by atoms with Crippen LogP contribution in [0.5, 0.6) is 0 Å². The van der Waals surface area contributed by atoms with Gasteiger partial charge in [-0.15, -0.1) is 0 Å². The number of nitrogens with zero attached hydrogens (tertiary/aromatic N) is 3. The van der Waals surface area contributed by atoms with Gasteiger partial charge < -0.3 is 15.0 Å². The van der Waals surface area contributed by atoms with E-state index in [0.29, 0.717) is 30.9 Å². The van der Waals surface area contributed by atoms with Gasteiger partial charge in [0.05, 0.1) is 18.7 Å². The Morgan fingerprint density at radius 1 is 1.06 bits per heavy atom. The molecule has 1 saturated heterocycles. The molecule has 1 fully saturated rings. The van der Waals surface area contributed by atoms with E-state index >= 15 is 0 Å². The van der Waals surface area contributed by atoms with Gasteiger partial charge in [0.2, 0.25) is 5.91 Å². The number of ether oxygens (including phenoxy) is 1. The molecule has 2 N–H and O–H groups in total. The van der Waals surface area contributed by atoms with E-state index in [-0.39, 0.29) is 18.4 Å². The topological polar surface area (TPSA) is 104 Å². The van der Waals surface area contributed by atoms with Crippen molar-refractivity contribution in [1.82, 2.24) is 15.2 Å². The quantitative estimate of drug-likeness (QED) is 0.648. The third-order valence-corrected chi connectivity index (χ3v) is 5.42. The van der Waals surface area contributed by atoms with Gasteiger partial charge in [0.1, 0.15) is 5.82 Å². The number of aryl methyl sites for hydroxylation is 2. The fraction of sp³-hybridized carbons (Fsp3) is 0.417. The van der Waals surface area contributed by atoms with Gasteiger partial charge >= 0.3 is 12.0 Å². The van der Waals surface area contributed by atoms with Crippen molar-refractivity contribution in [2.75, 3.05) is 49.5 Å². The van der Waals surface area contributed by atoms with Crippen LogP contribution in [0.2, 0.25) is 0 Å². The molecule has 1 aliphatic heterocycles. The van der Waals surface area contributed by atoms with Crippen molar-refractivity contribution in [1.29, 1.82) is 0 Å². The molecule has 0 atom stereocenters. The summed E-state index contributed by atoms with van der Waals surface area (Å²) >= 11 is 0. The van der Waals surface area contributed by atoms with Crippen LogP contribution in [-0.4, -0.2) is 67.1 Å². The van der Waals surface area contributed by atoms with E-state index in [1.807, 2.05) is 43.0 Å². The molecule has 1 aliphatic rings.